The van der Waals surface area contributed by atoms with Gasteiger partial charge in [0.25, 0.3) is 0 Å². The number of fused-ring (bicyclic) bond motifs is 1. The number of halogens is 1. The van der Waals surface area contributed by atoms with Gasteiger partial charge >= 0.3 is 127 Å². The standard InChI is InChI=1S/C17H17AsO2.ClH/c18-10-13-8-12(11-4-2-1-3-5-11)9-15-14(13)6-7-16(19)17(15)20;/h1-8,12,19-20H,9-10,18H2;1H. The summed E-state index contributed by atoms with van der Waals surface area (Å²) >= 11 is 1.65. The van der Waals surface area contributed by atoms with E-state index < -0.39 is 0 Å². The van der Waals surface area contributed by atoms with Crippen molar-refractivity contribution >= 4 is 34.8 Å². The second-order valence-corrected chi connectivity index (χ2v) is 5.93. The Bertz CT molecular complexity index is 668. The summed E-state index contributed by atoms with van der Waals surface area (Å²) in [6.07, 6.45) is 3.03. The molecule has 21 heavy (non-hydrogen) atoms. The fourth-order valence-corrected chi connectivity index (χ4v) is 3.58. The van der Waals surface area contributed by atoms with Gasteiger partial charge in [-0.05, 0) is 0 Å². The molecule has 0 aromatic heterocycles. The van der Waals surface area contributed by atoms with Crippen molar-refractivity contribution in [2.24, 2.45) is 0 Å². The van der Waals surface area contributed by atoms with E-state index in [1.807, 2.05) is 24.3 Å². The van der Waals surface area contributed by atoms with Crippen molar-refractivity contribution in [1.29, 1.82) is 0 Å². The Morgan fingerprint density at radius 3 is 2.43 bits per heavy atom. The Morgan fingerprint density at radius 2 is 1.76 bits per heavy atom. The first-order valence-electron chi connectivity index (χ1n) is 6.70. The van der Waals surface area contributed by atoms with Gasteiger partial charge in [-0.15, -0.1) is 12.4 Å². The van der Waals surface area contributed by atoms with Gasteiger partial charge in [0.1, 0.15) is 0 Å². The van der Waals surface area contributed by atoms with Gasteiger partial charge in [0.15, 0.2) is 0 Å². The number of hydrogen-bond donors (Lipinski definition) is 2. The molecule has 0 saturated carbocycles. The number of aromatic hydroxyl groups is 2. The minimum absolute atomic E-state index is 0. The first-order chi connectivity index (χ1) is 9.70. The molecule has 0 saturated heterocycles. The third-order valence-electron chi connectivity index (χ3n) is 3.88. The molecule has 0 bridgehead atoms. The molecule has 0 heterocycles. The summed E-state index contributed by atoms with van der Waals surface area (Å²) < 4.78 is 0. The van der Waals surface area contributed by atoms with Crippen LogP contribution in [0.15, 0.2) is 48.5 Å². The molecular weight excluding hydrogens is 347 g/mol. The van der Waals surface area contributed by atoms with E-state index in [0.717, 1.165) is 22.8 Å². The van der Waals surface area contributed by atoms with Gasteiger partial charge in [0.05, 0.1) is 0 Å². The molecule has 2 nitrogen and oxygen atoms in total. The summed E-state index contributed by atoms with van der Waals surface area (Å²) in [5.74, 6) is 0.274. The number of phenols is 2. The number of benzene rings is 2. The molecule has 2 aromatic carbocycles. The van der Waals surface area contributed by atoms with E-state index >= 15 is 0 Å². The van der Waals surface area contributed by atoms with Crippen LogP contribution in [0.3, 0.4) is 0 Å². The third kappa shape index (κ3) is 2.97. The van der Waals surface area contributed by atoms with Crippen LogP contribution in [0.2, 0.25) is 5.21 Å². The summed E-state index contributed by atoms with van der Waals surface area (Å²) in [6.45, 7) is 0. The van der Waals surface area contributed by atoms with Crippen LogP contribution in [0.4, 0.5) is 0 Å². The second-order valence-electron chi connectivity index (χ2n) is 5.08. The van der Waals surface area contributed by atoms with Gasteiger partial charge in [-0.3, -0.25) is 0 Å². The molecule has 110 valence electrons. The molecule has 3 rings (SSSR count). The molecule has 2 aromatic rings. The molecule has 2 N–H and O–H groups in total. The Labute approximate surface area is 139 Å². The van der Waals surface area contributed by atoms with E-state index in [4.69, 9.17) is 0 Å². The maximum atomic E-state index is 10.1. The third-order valence-corrected chi connectivity index (χ3v) is 4.80. The van der Waals surface area contributed by atoms with Crippen molar-refractivity contribution in [3.63, 3.8) is 0 Å². The zero-order valence-electron chi connectivity index (χ0n) is 11.5. The predicted molar refractivity (Wildman–Crippen MR) is 91.2 cm³/mol. The maximum absolute atomic E-state index is 10.1. The quantitative estimate of drug-likeness (QED) is 0.634. The fraction of sp³-hybridized carbons (Fsp3) is 0.176. The topological polar surface area (TPSA) is 40.5 Å². The second kappa shape index (κ2) is 6.59. The van der Waals surface area contributed by atoms with Gasteiger partial charge in [-0.1, -0.05) is 0 Å². The molecule has 1 aliphatic rings. The molecule has 1 aliphatic carbocycles. The normalized spacial score (nSPS) is 16.6. The van der Waals surface area contributed by atoms with Crippen LogP contribution in [0.25, 0.3) is 5.57 Å². The van der Waals surface area contributed by atoms with Crippen LogP contribution >= 0.6 is 12.4 Å². The van der Waals surface area contributed by atoms with Gasteiger partial charge in [0, 0.05) is 0 Å². The first kappa shape index (κ1) is 16.0. The summed E-state index contributed by atoms with van der Waals surface area (Å²) in [5.41, 5.74) is 4.46. The number of phenolic OH excluding ortho intramolecular Hbond substituents is 2. The molecule has 2 unspecified atom stereocenters. The number of rotatable bonds is 2. The van der Waals surface area contributed by atoms with Crippen LogP contribution in [0, 0.1) is 0 Å². The van der Waals surface area contributed by atoms with Crippen LogP contribution in [-0.4, -0.2) is 27.1 Å². The van der Waals surface area contributed by atoms with Crippen LogP contribution in [0.5, 0.6) is 11.5 Å². The summed E-state index contributed by atoms with van der Waals surface area (Å²) in [5, 5.41) is 20.9. The van der Waals surface area contributed by atoms with Crippen molar-refractivity contribution in [3.05, 3.63) is 65.2 Å². The van der Waals surface area contributed by atoms with E-state index in [0.29, 0.717) is 0 Å². The van der Waals surface area contributed by atoms with Crippen molar-refractivity contribution in [1.82, 2.24) is 0 Å². The zero-order valence-corrected chi connectivity index (χ0v) is 14.7. The monoisotopic (exact) mass is 364 g/mol. The van der Waals surface area contributed by atoms with Crippen LogP contribution < -0.4 is 0 Å². The summed E-state index contributed by atoms with van der Waals surface area (Å²) in [4.78, 5) is 0. The van der Waals surface area contributed by atoms with Gasteiger partial charge in [0.2, 0.25) is 0 Å². The van der Waals surface area contributed by atoms with E-state index in [-0.39, 0.29) is 29.8 Å². The van der Waals surface area contributed by atoms with Gasteiger partial charge in [-0.25, -0.2) is 0 Å². The Hall–Kier alpha value is -1.37. The van der Waals surface area contributed by atoms with Crippen LogP contribution in [-0.2, 0) is 6.42 Å². The van der Waals surface area contributed by atoms with Gasteiger partial charge < -0.3 is 0 Å². The summed E-state index contributed by atoms with van der Waals surface area (Å²) in [7, 11) is 0. The Kier molecular flexibility index (Phi) is 5.03. The molecule has 4 heteroatoms. The average molecular weight is 365 g/mol. The zero-order chi connectivity index (χ0) is 14.1. The molecule has 0 amide bonds. The molecule has 0 spiro atoms. The SMILES string of the molecule is Cl.Oc1ccc2c(c1O)CC(c1ccccc1)C=C2C[AsH2]. The Morgan fingerprint density at radius 1 is 1.05 bits per heavy atom. The average Bonchev–Trinajstić information content (AvgIpc) is 2.51. The van der Waals surface area contributed by atoms with E-state index in [1.54, 1.807) is 22.9 Å². The van der Waals surface area contributed by atoms with Crippen molar-refractivity contribution < 1.29 is 10.2 Å². The van der Waals surface area contributed by atoms with Crippen molar-refractivity contribution in [2.75, 3.05) is 0 Å². The van der Waals surface area contributed by atoms with Crippen LogP contribution in [0.1, 0.15) is 22.6 Å². The van der Waals surface area contributed by atoms with Crippen molar-refractivity contribution in [2.45, 2.75) is 17.5 Å². The summed E-state index contributed by atoms with van der Waals surface area (Å²) in [6, 6.07) is 13.8. The fourth-order valence-electron chi connectivity index (χ4n) is 2.84. The minimum atomic E-state index is -0.0292. The molecule has 0 fully saturated rings. The first-order valence-corrected chi connectivity index (χ1v) is 8.42. The van der Waals surface area contributed by atoms with Gasteiger partial charge in [-0.2, -0.15) is 0 Å². The van der Waals surface area contributed by atoms with E-state index in [2.05, 4.69) is 18.2 Å². The number of allylic oxidation sites excluding steroid dienone is 2. The molecule has 0 radical (unpaired) electrons. The predicted octanol–water partition coefficient (Wildman–Crippen LogP) is 3.29. The Balaban J connectivity index is 0.00000161. The molecular formula is C17H18AsClO2. The van der Waals surface area contributed by atoms with E-state index in [1.165, 1.54) is 11.1 Å². The molecule has 2 atom stereocenters. The molecule has 0 aliphatic heterocycles. The van der Waals surface area contributed by atoms with E-state index in [9.17, 15) is 10.2 Å². The van der Waals surface area contributed by atoms with Crippen molar-refractivity contribution in [3.8, 4) is 11.5 Å². The number of hydrogen-bond acceptors (Lipinski definition) is 2.